The molecule has 1 aliphatic rings. The third-order valence-electron chi connectivity index (χ3n) is 3.98. The number of rotatable bonds is 6. The van der Waals surface area contributed by atoms with E-state index in [9.17, 15) is 22.8 Å². The van der Waals surface area contributed by atoms with E-state index in [2.05, 4.69) is 0 Å². The minimum atomic E-state index is -4.64. The van der Waals surface area contributed by atoms with Gasteiger partial charge in [0.2, 0.25) is 5.91 Å². The molecule has 132 valence electrons. The fraction of sp³-hybridized carbons (Fsp3) is 0.500. The zero-order valence-electron chi connectivity index (χ0n) is 12.8. The number of benzene rings is 1. The van der Waals surface area contributed by atoms with Crippen LogP contribution in [0, 0.1) is 11.8 Å². The molecule has 5 nitrogen and oxygen atoms in total. The molecule has 2 atom stereocenters. The molecule has 1 heterocycles. The number of hydrogen-bond donors (Lipinski definition) is 1. The van der Waals surface area contributed by atoms with Crippen LogP contribution in [-0.2, 0) is 20.9 Å². The Balaban J connectivity index is 1.81. The van der Waals surface area contributed by atoms with Crippen molar-refractivity contribution in [2.75, 3.05) is 19.7 Å². The van der Waals surface area contributed by atoms with Gasteiger partial charge in [-0.2, -0.15) is 13.2 Å². The Bertz CT molecular complexity index is 576. The summed E-state index contributed by atoms with van der Waals surface area (Å²) >= 11 is 0. The smallest absolute Gasteiger partial charge is 0.394 e. The van der Waals surface area contributed by atoms with Crippen LogP contribution in [0.4, 0.5) is 13.2 Å². The molecular formula is C16H18F3NO4. The Morgan fingerprint density at radius 1 is 1.21 bits per heavy atom. The molecule has 0 aliphatic carbocycles. The van der Waals surface area contributed by atoms with E-state index in [1.54, 1.807) is 0 Å². The molecule has 8 heteroatoms. The molecule has 0 aromatic heterocycles. The molecule has 0 bridgehead atoms. The van der Waals surface area contributed by atoms with E-state index in [0.717, 1.165) is 10.5 Å². The first-order chi connectivity index (χ1) is 11.3. The van der Waals surface area contributed by atoms with Crippen LogP contribution in [0.5, 0.6) is 0 Å². The van der Waals surface area contributed by atoms with Crippen LogP contribution < -0.4 is 0 Å². The number of carbonyl (C=O) groups is 2. The van der Waals surface area contributed by atoms with E-state index in [1.807, 2.05) is 30.3 Å². The highest BCUT2D eigenvalue weighted by Gasteiger charge is 2.53. The van der Waals surface area contributed by atoms with Crippen molar-refractivity contribution >= 4 is 11.9 Å². The molecule has 0 spiro atoms. The fourth-order valence-corrected chi connectivity index (χ4v) is 2.67. The van der Waals surface area contributed by atoms with E-state index >= 15 is 0 Å². The number of carboxylic acids is 1. The first-order valence-corrected chi connectivity index (χ1v) is 7.48. The van der Waals surface area contributed by atoms with E-state index < -0.39 is 43.0 Å². The lowest BCUT2D eigenvalue weighted by atomic mass is 9.96. The minimum Gasteiger partial charge on any atom is -0.481 e. The summed E-state index contributed by atoms with van der Waals surface area (Å²) in [6, 6.07) is 9.26. The van der Waals surface area contributed by atoms with Crippen molar-refractivity contribution in [1.29, 1.82) is 0 Å². The van der Waals surface area contributed by atoms with Gasteiger partial charge in [-0.25, -0.2) is 0 Å². The summed E-state index contributed by atoms with van der Waals surface area (Å²) in [7, 11) is 0. The van der Waals surface area contributed by atoms with Crippen molar-refractivity contribution in [3.8, 4) is 0 Å². The van der Waals surface area contributed by atoms with Gasteiger partial charge in [-0.1, -0.05) is 30.3 Å². The monoisotopic (exact) mass is 345 g/mol. The number of alkyl halides is 3. The molecule has 1 aliphatic heterocycles. The SMILES string of the molecule is O=C(O)[C@@H]1CN(C(=O)CCOCc2ccccc2)C[C@H]1C(F)(F)F. The highest BCUT2D eigenvalue weighted by atomic mass is 19.4. The van der Waals surface area contributed by atoms with Gasteiger partial charge in [0.25, 0.3) is 0 Å². The lowest BCUT2D eigenvalue weighted by Crippen LogP contribution is -2.34. The molecule has 1 aromatic rings. The zero-order valence-corrected chi connectivity index (χ0v) is 12.8. The van der Waals surface area contributed by atoms with Gasteiger partial charge < -0.3 is 14.7 Å². The second-order valence-electron chi connectivity index (χ2n) is 5.68. The van der Waals surface area contributed by atoms with Crippen LogP contribution in [0.3, 0.4) is 0 Å². The van der Waals surface area contributed by atoms with Crippen LogP contribution in [0.25, 0.3) is 0 Å². The number of carboxylic acid groups (broad SMARTS) is 1. The highest BCUT2D eigenvalue weighted by molar-refractivity contribution is 5.79. The van der Waals surface area contributed by atoms with Gasteiger partial charge in [0.15, 0.2) is 0 Å². The predicted octanol–water partition coefficient (Wildman–Crippen LogP) is 2.31. The molecule has 1 fully saturated rings. The molecule has 1 aromatic carbocycles. The molecule has 0 radical (unpaired) electrons. The Morgan fingerprint density at radius 2 is 1.88 bits per heavy atom. The number of hydrogen-bond acceptors (Lipinski definition) is 3. The van der Waals surface area contributed by atoms with Crippen molar-refractivity contribution < 1.29 is 32.6 Å². The summed E-state index contributed by atoms with van der Waals surface area (Å²) in [4.78, 5) is 23.9. The number of halogens is 3. The lowest BCUT2D eigenvalue weighted by Gasteiger charge is -2.18. The molecule has 0 unspecified atom stereocenters. The molecule has 1 amide bonds. The summed E-state index contributed by atoms with van der Waals surface area (Å²) in [5, 5.41) is 8.92. The van der Waals surface area contributed by atoms with Crippen molar-refractivity contribution in [2.24, 2.45) is 11.8 Å². The maximum absolute atomic E-state index is 12.9. The highest BCUT2D eigenvalue weighted by Crippen LogP contribution is 2.37. The van der Waals surface area contributed by atoms with Crippen LogP contribution in [0.15, 0.2) is 30.3 Å². The average Bonchev–Trinajstić information content (AvgIpc) is 2.98. The van der Waals surface area contributed by atoms with Crippen molar-refractivity contribution in [3.63, 3.8) is 0 Å². The summed E-state index contributed by atoms with van der Waals surface area (Å²) in [5.74, 6) is -5.70. The van der Waals surface area contributed by atoms with Gasteiger partial charge in [0, 0.05) is 13.1 Å². The first-order valence-electron chi connectivity index (χ1n) is 7.48. The second-order valence-corrected chi connectivity index (χ2v) is 5.68. The number of aliphatic carboxylic acids is 1. The van der Waals surface area contributed by atoms with Crippen LogP contribution in [0.2, 0.25) is 0 Å². The summed E-state index contributed by atoms with van der Waals surface area (Å²) in [5.41, 5.74) is 0.925. The standard InChI is InChI=1S/C16H18F3NO4/c17-16(18,19)13-9-20(8-12(13)15(22)23)14(21)6-7-24-10-11-4-2-1-3-5-11/h1-5,12-13H,6-10H2,(H,22,23)/t12-,13-/m1/s1. The second kappa shape index (κ2) is 7.65. The summed E-state index contributed by atoms with van der Waals surface area (Å²) < 4.78 is 44.0. The maximum Gasteiger partial charge on any atom is 0.394 e. The Kier molecular flexibility index (Phi) is 5.82. The Hall–Kier alpha value is -2.09. The van der Waals surface area contributed by atoms with Gasteiger partial charge in [0.1, 0.15) is 0 Å². The molecular weight excluding hydrogens is 327 g/mol. The maximum atomic E-state index is 12.9. The summed E-state index contributed by atoms with van der Waals surface area (Å²) in [6.45, 7) is -0.662. The van der Waals surface area contributed by atoms with Gasteiger partial charge in [-0.15, -0.1) is 0 Å². The van der Waals surface area contributed by atoms with Crippen molar-refractivity contribution in [2.45, 2.75) is 19.2 Å². The Morgan fingerprint density at radius 3 is 2.42 bits per heavy atom. The quantitative estimate of drug-likeness (QED) is 0.804. The molecule has 0 saturated carbocycles. The van der Waals surface area contributed by atoms with Gasteiger partial charge in [-0.05, 0) is 5.56 Å². The molecule has 24 heavy (non-hydrogen) atoms. The van der Waals surface area contributed by atoms with Gasteiger partial charge in [-0.3, -0.25) is 9.59 Å². The third-order valence-corrected chi connectivity index (χ3v) is 3.98. The number of carbonyl (C=O) groups excluding carboxylic acids is 1. The fourth-order valence-electron chi connectivity index (χ4n) is 2.67. The predicted molar refractivity (Wildman–Crippen MR) is 78.0 cm³/mol. The van der Waals surface area contributed by atoms with E-state index in [4.69, 9.17) is 9.84 Å². The largest absolute Gasteiger partial charge is 0.481 e. The van der Waals surface area contributed by atoms with Gasteiger partial charge in [0.05, 0.1) is 31.5 Å². The average molecular weight is 345 g/mol. The Labute approximate surface area is 137 Å². The van der Waals surface area contributed by atoms with Crippen molar-refractivity contribution in [3.05, 3.63) is 35.9 Å². The number of likely N-dealkylation sites (tertiary alicyclic amines) is 1. The number of ether oxygens (including phenoxy) is 1. The minimum absolute atomic E-state index is 0.0681. The van der Waals surface area contributed by atoms with E-state index in [-0.39, 0.29) is 13.0 Å². The van der Waals surface area contributed by atoms with Crippen LogP contribution in [-0.4, -0.2) is 47.8 Å². The third kappa shape index (κ3) is 4.70. The van der Waals surface area contributed by atoms with Crippen molar-refractivity contribution in [1.82, 2.24) is 4.90 Å². The topological polar surface area (TPSA) is 66.8 Å². The van der Waals surface area contributed by atoms with E-state index in [1.165, 1.54) is 0 Å². The normalized spacial score (nSPS) is 21.0. The number of nitrogens with zero attached hydrogens (tertiary/aromatic N) is 1. The first kappa shape index (κ1) is 18.3. The van der Waals surface area contributed by atoms with E-state index in [0.29, 0.717) is 6.61 Å². The van der Waals surface area contributed by atoms with Gasteiger partial charge >= 0.3 is 12.1 Å². The summed E-state index contributed by atoms with van der Waals surface area (Å²) in [6.07, 6.45) is -4.72. The van der Waals surface area contributed by atoms with Crippen LogP contribution in [0.1, 0.15) is 12.0 Å². The molecule has 2 rings (SSSR count). The number of amides is 1. The van der Waals surface area contributed by atoms with Crippen LogP contribution >= 0.6 is 0 Å². The molecule has 1 N–H and O–H groups in total. The lowest BCUT2D eigenvalue weighted by molar-refractivity contribution is -0.188. The zero-order chi connectivity index (χ0) is 17.7. The molecule has 1 saturated heterocycles.